The molecule has 3 fully saturated rings. The maximum Gasteiger partial charge on any atom is 0.341 e. The topological polar surface area (TPSA) is 89.6 Å². The molecule has 3 heterocycles. The second-order valence-corrected chi connectivity index (χ2v) is 9.32. The van der Waals surface area contributed by atoms with E-state index >= 15 is 4.39 Å². The lowest BCUT2D eigenvalue weighted by molar-refractivity contribution is 0.0695. The summed E-state index contributed by atoms with van der Waals surface area (Å²) in [5.41, 5.74) is -0.371. The Balaban J connectivity index is 1.67. The molecular formula is C24H27FN4O3. The molecule has 1 aromatic carbocycles. The number of nitriles is 1. The van der Waals surface area contributed by atoms with E-state index in [0.717, 1.165) is 51.3 Å². The van der Waals surface area contributed by atoms with Crippen molar-refractivity contribution >= 4 is 22.6 Å². The number of nitrogens with zero attached hydrogens (tertiary/aromatic N) is 4. The van der Waals surface area contributed by atoms with Crippen LogP contribution < -0.4 is 10.3 Å². The minimum Gasteiger partial charge on any atom is -0.477 e. The highest BCUT2D eigenvalue weighted by Gasteiger charge is 2.41. The number of carboxylic acid groups (broad SMARTS) is 1. The van der Waals surface area contributed by atoms with Gasteiger partial charge < -0.3 is 14.6 Å². The molecule has 7 nitrogen and oxygen atoms in total. The summed E-state index contributed by atoms with van der Waals surface area (Å²) in [5, 5.41) is 19.6. The molecule has 2 unspecified atom stereocenters. The summed E-state index contributed by atoms with van der Waals surface area (Å²) in [6.07, 6.45) is 6.30. The van der Waals surface area contributed by atoms with E-state index < -0.39 is 17.2 Å². The molecule has 2 saturated heterocycles. The zero-order chi connectivity index (χ0) is 22.6. The van der Waals surface area contributed by atoms with Gasteiger partial charge in [-0.15, -0.1) is 0 Å². The summed E-state index contributed by atoms with van der Waals surface area (Å²) in [6.45, 7) is 5.56. The van der Waals surface area contributed by atoms with Gasteiger partial charge in [0.25, 0.3) is 0 Å². The van der Waals surface area contributed by atoms with E-state index in [0.29, 0.717) is 30.6 Å². The van der Waals surface area contributed by atoms with Gasteiger partial charge in [0, 0.05) is 31.4 Å². The van der Waals surface area contributed by atoms with E-state index in [1.54, 1.807) is 4.57 Å². The Morgan fingerprint density at radius 2 is 2.09 bits per heavy atom. The summed E-state index contributed by atoms with van der Waals surface area (Å²) in [7, 11) is 0. The minimum absolute atomic E-state index is 0.0289. The highest BCUT2D eigenvalue weighted by Crippen LogP contribution is 2.42. The lowest BCUT2D eigenvalue weighted by atomic mass is 9.92. The van der Waals surface area contributed by atoms with Gasteiger partial charge in [0.15, 0.2) is 0 Å². The highest BCUT2D eigenvalue weighted by molar-refractivity contribution is 5.96. The lowest BCUT2D eigenvalue weighted by Crippen LogP contribution is -2.45. The number of likely N-dealkylation sites (tertiary alicyclic amines) is 1. The predicted octanol–water partition coefficient (Wildman–Crippen LogP) is 3.36. The van der Waals surface area contributed by atoms with Gasteiger partial charge in [-0.25, -0.2) is 9.18 Å². The molecule has 5 rings (SSSR count). The average Bonchev–Trinajstić information content (AvgIpc) is 3.52. The van der Waals surface area contributed by atoms with Crippen molar-refractivity contribution in [3.05, 3.63) is 39.4 Å². The molecule has 1 aromatic heterocycles. The fraction of sp³-hybridized carbons (Fsp3) is 0.542. The number of anilines is 1. The minimum atomic E-state index is -1.34. The lowest BCUT2D eigenvalue weighted by Gasteiger charge is -2.36. The molecule has 2 aliphatic heterocycles. The number of fused-ring (bicyclic) bond motifs is 2. The fourth-order valence-corrected chi connectivity index (χ4v) is 5.71. The molecule has 8 heteroatoms. The molecule has 0 amide bonds. The van der Waals surface area contributed by atoms with E-state index in [1.807, 2.05) is 4.90 Å². The summed E-state index contributed by atoms with van der Waals surface area (Å²) in [5.74, 6) is -1.54. The maximum absolute atomic E-state index is 15.5. The van der Waals surface area contributed by atoms with Crippen molar-refractivity contribution in [3.8, 4) is 6.07 Å². The second-order valence-electron chi connectivity index (χ2n) is 9.32. The van der Waals surface area contributed by atoms with E-state index in [1.165, 1.54) is 6.20 Å². The number of benzene rings is 1. The highest BCUT2D eigenvalue weighted by atomic mass is 19.1. The number of halogens is 1. The number of carboxylic acids is 1. The summed E-state index contributed by atoms with van der Waals surface area (Å²) < 4.78 is 17.2. The van der Waals surface area contributed by atoms with Crippen LogP contribution in [-0.2, 0) is 0 Å². The van der Waals surface area contributed by atoms with Gasteiger partial charge in [0.2, 0.25) is 5.43 Å². The Hall–Kier alpha value is -2.92. The number of carbonyl (C=O) groups is 1. The van der Waals surface area contributed by atoms with Crippen LogP contribution in [0.25, 0.3) is 10.9 Å². The third-order valence-electron chi connectivity index (χ3n) is 7.25. The van der Waals surface area contributed by atoms with Gasteiger partial charge in [-0.3, -0.25) is 9.69 Å². The Kier molecular flexibility index (Phi) is 5.17. The monoisotopic (exact) mass is 438 g/mol. The molecule has 1 aliphatic carbocycles. The standard InChI is InChI=1S/C24H27FN4O3/c1-2-7-27-8-3-4-14-11-28(13-20(14)27)22-17(10-26)21-16(9-19(22)25)23(30)18(24(31)32)12-29(21)15-5-6-15/h9,12,14-15,20H,2-8,11,13H2,1H3,(H,31,32). The smallest absolute Gasteiger partial charge is 0.341 e. The number of aromatic nitrogens is 1. The molecule has 168 valence electrons. The van der Waals surface area contributed by atoms with Gasteiger partial charge in [0.05, 0.1) is 16.6 Å². The molecule has 1 saturated carbocycles. The SMILES string of the molecule is CCCN1CCCC2CN(c3c(F)cc4c(=O)c(C(=O)O)cn(C5CC5)c4c3C#N)CC21. The Morgan fingerprint density at radius 1 is 1.31 bits per heavy atom. The first kappa shape index (κ1) is 21.0. The van der Waals surface area contributed by atoms with Crippen molar-refractivity contribution in [1.82, 2.24) is 9.47 Å². The van der Waals surface area contributed by atoms with E-state index in [4.69, 9.17) is 0 Å². The Morgan fingerprint density at radius 3 is 2.75 bits per heavy atom. The normalized spacial score (nSPS) is 23.3. The van der Waals surface area contributed by atoms with Crippen LogP contribution in [0.15, 0.2) is 17.1 Å². The third kappa shape index (κ3) is 3.27. The molecule has 3 aliphatic rings. The predicted molar refractivity (Wildman–Crippen MR) is 119 cm³/mol. The molecule has 1 N–H and O–H groups in total. The number of hydrogen-bond donors (Lipinski definition) is 1. The maximum atomic E-state index is 15.5. The number of hydrogen-bond acceptors (Lipinski definition) is 5. The molecule has 0 radical (unpaired) electrons. The van der Waals surface area contributed by atoms with Crippen LogP contribution in [0.3, 0.4) is 0 Å². The Labute approximate surface area is 185 Å². The number of aromatic carboxylic acids is 1. The summed E-state index contributed by atoms with van der Waals surface area (Å²) in [4.78, 5) is 28.9. The van der Waals surface area contributed by atoms with Crippen molar-refractivity contribution < 1.29 is 14.3 Å². The Bertz CT molecular complexity index is 1190. The molecule has 0 bridgehead atoms. The number of piperidine rings is 1. The van der Waals surface area contributed by atoms with Crippen molar-refractivity contribution in [1.29, 1.82) is 5.26 Å². The molecular weight excluding hydrogens is 411 g/mol. The van der Waals surface area contributed by atoms with Gasteiger partial charge in [0.1, 0.15) is 23.0 Å². The zero-order valence-corrected chi connectivity index (χ0v) is 18.2. The zero-order valence-electron chi connectivity index (χ0n) is 18.2. The second kappa shape index (κ2) is 7.89. The summed E-state index contributed by atoms with van der Waals surface area (Å²) in [6, 6.07) is 3.68. The van der Waals surface area contributed by atoms with Crippen LogP contribution in [0, 0.1) is 23.1 Å². The summed E-state index contributed by atoms with van der Waals surface area (Å²) >= 11 is 0. The van der Waals surface area contributed by atoms with Crippen molar-refractivity contribution in [2.75, 3.05) is 31.1 Å². The molecule has 32 heavy (non-hydrogen) atoms. The average molecular weight is 439 g/mol. The van der Waals surface area contributed by atoms with Gasteiger partial charge in [-0.1, -0.05) is 6.92 Å². The van der Waals surface area contributed by atoms with Crippen LogP contribution in [-0.4, -0.2) is 52.8 Å². The molecule has 2 aromatic rings. The van der Waals surface area contributed by atoms with Crippen LogP contribution in [0.1, 0.15) is 61.0 Å². The van der Waals surface area contributed by atoms with Crippen LogP contribution in [0.5, 0.6) is 0 Å². The quantitative estimate of drug-likeness (QED) is 0.770. The largest absolute Gasteiger partial charge is 0.477 e. The number of pyridine rings is 1. The van der Waals surface area contributed by atoms with E-state index in [2.05, 4.69) is 17.9 Å². The van der Waals surface area contributed by atoms with E-state index in [9.17, 15) is 20.0 Å². The first-order valence-electron chi connectivity index (χ1n) is 11.5. The van der Waals surface area contributed by atoms with Crippen LogP contribution in [0.2, 0.25) is 0 Å². The van der Waals surface area contributed by atoms with Gasteiger partial charge in [-0.2, -0.15) is 5.26 Å². The molecule has 2 atom stereocenters. The van der Waals surface area contributed by atoms with Crippen LogP contribution >= 0.6 is 0 Å². The first-order valence-corrected chi connectivity index (χ1v) is 11.5. The fourth-order valence-electron chi connectivity index (χ4n) is 5.71. The number of rotatable bonds is 5. The van der Waals surface area contributed by atoms with Crippen LogP contribution in [0.4, 0.5) is 10.1 Å². The van der Waals surface area contributed by atoms with Crippen molar-refractivity contribution in [2.24, 2.45) is 5.92 Å². The van der Waals surface area contributed by atoms with E-state index in [-0.39, 0.29) is 28.2 Å². The van der Waals surface area contributed by atoms with Crippen molar-refractivity contribution in [2.45, 2.75) is 51.1 Å². The third-order valence-corrected chi connectivity index (χ3v) is 7.25. The first-order chi connectivity index (χ1) is 15.4. The van der Waals surface area contributed by atoms with Gasteiger partial charge in [-0.05, 0) is 57.2 Å². The van der Waals surface area contributed by atoms with Crippen molar-refractivity contribution in [3.63, 3.8) is 0 Å². The van der Waals surface area contributed by atoms with Gasteiger partial charge >= 0.3 is 5.97 Å². The molecule has 0 spiro atoms.